The van der Waals surface area contributed by atoms with E-state index >= 15 is 0 Å². The van der Waals surface area contributed by atoms with Gasteiger partial charge in [0.1, 0.15) is 12.4 Å². The highest BCUT2D eigenvalue weighted by Crippen LogP contribution is 2.40. The number of carbonyl (C=O) groups is 1. The molecule has 0 radical (unpaired) electrons. The second kappa shape index (κ2) is 10.3. The molecule has 184 valence electrons. The summed E-state index contributed by atoms with van der Waals surface area (Å²) in [5.74, 6) is 0.646. The molecule has 0 atom stereocenters. The summed E-state index contributed by atoms with van der Waals surface area (Å²) >= 11 is 0. The maximum Gasteiger partial charge on any atom is 0.418 e. The Morgan fingerprint density at radius 2 is 1.88 bits per heavy atom. The molecule has 8 heteroatoms. The highest BCUT2D eigenvalue weighted by Gasteiger charge is 2.37. The second-order valence-corrected chi connectivity index (χ2v) is 9.50. The summed E-state index contributed by atoms with van der Waals surface area (Å²) < 4.78 is 47.2. The van der Waals surface area contributed by atoms with E-state index in [2.05, 4.69) is 15.2 Å². The number of benzene rings is 1. The fourth-order valence-electron chi connectivity index (χ4n) is 4.99. The standard InChI is InChI=1S/C26H32F3N3O2/c1-17-10-18(13-32-14-21(15-32)25(33)30-2)8-9-23(17)34-16-19-11-22(26(27,28)29)24(31-12-19)20-6-4-3-5-7-20/h8-12,20-21H,3-7,13-16H2,1-2H3,(H,30,33). The minimum Gasteiger partial charge on any atom is -0.489 e. The summed E-state index contributed by atoms with van der Waals surface area (Å²) in [4.78, 5) is 18.1. The maximum atomic E-state index is 13.8. The predicted octanol–water partition coefficient (Wildman–Crippen LogP) is 5.21. The number of hydrogen-bond acceptors (Lipinski definition) is 4. The number of pyridine rings is 1. The lowest BCUT2D eigenvalue weighted by atomic mass is 9.84. The van der Waals surface area contributed by atoms with E-state index in [-0.39, 0.29) is 30.0 Å². The van der Waals surface area contributed by atoms with E-state index < -0.39 is 11.7 Å². The average molecular weight is 476 g/mol. The van der Waals surface area contributed by atoms with Gasteiger partial charge in [-0.25, -0.2) is 0 Å². The van der Waals surface area contributed by atoms with E-state index in [0.29, 0.717) is 11.3 Å². The molecular formula is C26H32F3N3O2. The number of nitrogens with one attached hydrogen (secondary N) is 1. The number of ether oxygens (including phenoxy) is 1. The van der Waals surface area contributed by atoms with E-state index in [1.54, 1.807) is 7.05 Å². The summed E-state index contributed by atoms with van der Waals surface area (Å²) in [6.45, 7) is 4.18. The van der Waals surface area contributed by atoms with E-state index in [9.17, 15) is 18.0 Å². The summed E-state index contributed by atoms with van der Waals surface area (Å²) in [5, 5.41) is 2.68. The van der Waals surface area contributed by atoms with Gasteiger partial charge in [-0.15, -0.1) is 0 Å². The quantitative estimate of drug-likeness (QED) is 0.597. The van der Waals surface area contributed by atoms with Crippen molar-refractivity contribution in [3.05, 3.63) is 58.4 Å². The molecule has 1 aromatic carbocycles. The Balaban J connectivity index is 1.38. The predicted molar refractivity (Wildman–Crippen MR) is 123 cm³/mol. The van der Waals surface area contributed by atoms with Gasteiger partial charge in [0.2, 0.25) is 5.91 Å². The number of nitrogens with zero attached hydrogens (tertiary/aromatic N) is 2. The van der Waals surface area contributed by atoms with Crippen LogP contribution < -0.4 is 10.1 Å². The van der Waals surface area contributed by atoms with Crippen molar-refractivity contribution in [2.45, 2.75) is 64.3 Å². The van der Waals surface area contributed by atoms with Crippen LogP contribution in [-0.4, -0.2) is 35.9 Å². The minimum atomic E-state index is -4.43. The molecule has 4 rings (SSSR count). The van der Waals surface area contributed by atoms with Gasteiger partial charge in [0, 0.05) is 44.4 Å². The minimum absolute atomic E-state index is 0.0289. The molecule has 5 nitrogen and oxygen atoms in total. The monoisotopic (exact) mass is 475 g/mol. The van der Waals surface area contributed by atoms with Crippen LogP contribution in [0.5, 0.6) is 5.75 Å². The van der Waals surface area contributed by atoms with Crippen LogP contribution in [0.25, 0.3) is 0 Å². The Labute approximate surface area is 198 Å². The van der Waals surface area contributed by atoms with Crippen molar-refractivity contribution in [3.63, 3.8) is 0 Å². The van der Waals surface area contributed by atoms with Crippen LogP contribution in [0, 0.1) is 12.8 Å². The molecule has 1 aliphatic carbocycles. The van der Waals surface area contributed by atoms with Crippen molar-refractivity contribution in [1.82, 2.24) is 15.2 Å². The van der Waals surface area contributed by atoms with E-state index in [1.807, 2.05) is 25.1 Å². The molecule has 1 saturated heterocycles. The fourth-order valence-corrected chi connectivity index (χ4v) is 4.99. The molecule has 2 fully saturated rings. The zero-order valence-electron chi connectivity index (χ0n) is 19.8. The molecule has 2 aromatic rings. The third-order valence-electron chi connectivity index (χ3n) is 6.89. The van der Waals surface area contributed by atoms with Gasteiger partial charge in [-0.05, 0) is 43.0 Å². The van der Waals surface area contributed by atoms with Crippen LogP contribution in [0.2, 0.25) is 0 Å². The van der Waals surface area contributed by atoms with Crippen LogP contribution in [0.4, 0.5) is 13.2 Å². The smallest absolute Gasteiger partial charge is 0.418 e. The third kappa shape index (κ3) is 5.71. The molecule has 1 aromatic heterocycles. The van der Waals surface area contributed by atoms with E-state index in [0.717, 1.165) is 62.9 Å². The lowest BCUT2D eigenvalue weighted by Gasteiger charge is -2.38. The Morgan fingerprint density at radius 1 is 1.15 bits per heavy atom. The Kier molecular flexibility index (Phi) is 7.45. The molecule has 34 heavy (non-hydrogen) atoms. The van der Waals surface area contributed by atoms with Gasteiger partial charge in [-0.2, -0.15) is 13.2 Å². The topological polar surface area (TPSA) is 54.5 Å². The maximum absolute atomic E-state index is 13.8. The van der Waals surface area contributed by atoms with Crippen molar-refractivity contribution in [2.24, 2.45) is 5.92 Å². The van der Waals surface area contributed by atoms with E-state index in [1.165, 1.54) is 12.3 Å². The molecule has 1 saturated carbocycles. The van der Waals surface area contributed by atoms with Gasteiger partial charge < -0.3 is 10.1 Å². The summed E-state index contributed by atoms with van der Waals surface area (Å²) in [5.41, 5.74) is 2.00. The van der Waals surface area contributed by atoms with Gasteiger partial charge in [0.25, 0.3) is 0 Å². The first-order valence-corrected chi connectivity index (χ1v) is 12.0. The normalized spacial score (nSPS) is 17.9. The molecule has 2 aliphatic rings. The number of halogens is 3. The van der Waals surface area contributed by atoms with Crippen molar-refractivity contribution < 1.29 is 22.7 Å². The fraction of sp³-hybridized carbons (Fsp3) is 0.538. The summed E-state index contributed by atoms with van der Waals surface area (Å²) in [6.07, 6.45) is 1.61. The summed E-state index contributed by atoms with van der Waals surface area (Å²) in [7, 11) is 1.65. The molecule has 1 N–H and O–H groups in total. The lowest BCUT2D eigenvalue weighted by molar-refractivity contribution is -0.138. The Bertz CT molecular complexity index is 1010. The zero-order valence-corrected chi connectivity index (χ0v) is 19.8. The first-order valence-electron chi connectivity index (χ1n) is 12.0. The SMILES string of the molecule is CNC(=O)C1CN(Cc2ccc(OCc3cnc(C4CCCCC4)c(C(F)(F)F)c3)c(C)c2)C1. The van der Waals surface area contributed by atoms with Crippen molar-refractivity contribution in [2.75, 3.05) is 20.1 Å². The van der Waals surface area contributed by atoms with Crippen molar-refractivity contribution >= 4 is 5.91 Å². The zero-order chi connectivity index (χ0) is 24.3. The molecule has 0 bridgehead atoms. The number of aryl methyl sites for hydroxylation is 1. The Morgan fingerprint density at radius 3 is 2.53 bits per heavy atom. The van der Waals surface area contributed by atoms with E-state index in [4.69, 9.17) is 4.74 Å². The molecule has 0 spiro atoms. The van der Waals surface area contributed by atoms with Crippen LogP contribution in [0.3, 0.4) is 0 Å². The van der Waals surface area contributed by atoms with Gasteiger partial charge in [0.15, 0.2) is 0 Å². The first-order chi connectivity index (χ1) is 16.2. The molecule has 0 unspecified atom stereocenters. The average Bonchev–Trinajstić information content (AvgIpc) is 2.80. The van der Waals surface area contributed by atoms with Gasteiger partial charge >= 0.3 is 6.18 Å². The lowest BCUT2D eigenvalue weighted by Crippen LogP contribution is -2.52. The number of hydrogen-bond donors (Lipinski definition) is 1. The number of carbonyl (C=O) groups excluding carboxylic acids is 1. The van der Waals surface area contributed by atoms with Gasteiger partial charge in [-0.3, -0.25) is 14.7 Å². The Hall–Kier alpha value is -2.61. The number of aromatic nitrogens is 1. The van der Waals surface area contributed by atoms with Gasteiger partial charge in [-0.1, -0.05) is 31.4 Å². The number of rotatable bonds is 7. The third-order valence-corrected chi connectivity index (χ3v) is 6.89. The number of alkyl halides is 3. The van der Waals surface area contributed by atoms with Crippen LogP contribution >= 0.6 is 0 Å². The number of likely N-dealkylation sites (tertiary alicyclic amines) is 1. The van der Waals surface area contributed by atoms with Crippen molar-refractivity contribution in [3.8, 4) is 5.75 Å². The second-order valence-electron chi connectivity index (χ2n) is 9.50. The summed E-state index contributed by atoms with van der Waals surface area (Å²) in [6, 6.07) is 7.04. The number of amides is 1. The van der Waals surface area contributed by atoms with Crippen LogP contribution in [0.1, 0.15) is 66.0 Å². The largest absolute Gasteiger partial charge is 0.489 e. The first kappa shape index (κ1) is 24.5. The van der Waals surface area contributed by atoms with Crippen LogP contribution in [-0.2, 0) is 24.1 Å². The molecular weight excluding hydrogens is 443 g/mol. The molecule has 1 aliphatic heterocycles. The molecule has 2 heterocycles. The van der Waals surface area contributed by atoms with Gasteiger partial charge in [0.05, 0.1) is 17.2 Å². The van der Waals surface area contributed by atoms with Crippen LogP contribution in [0.15, 0.2) is 30.5 Å². The highest BCUT2D eigenvalue weighted by molar-refractivity contribution is 5.79. The highest BCUT2D eigenvalue weighted by atomic mass is 19.4. The molecule has 1 amide bonds. The van der Waals surface area contributed by atoms with Crippen molar-refractivity contribution in [1.29, 1.82) is 0 Å².